The van der Waals surface area contributed by atoms with E-state index in [-0.39, 0.29) is 17.5 Å². The largest absolute Gasteiger partial charge is 0.461 e. The van der Waals surface area contributed by atoms with E-state index in [1.165, 1.54) is 0 Å². The van der Waals surface area contributed by atoms with Crippen molar-refractivity contribution >= 4 is 28.6 Å². The van der Waals surface area contributed by atoms with E-state index in [2.05, 4.69) is 16.9 Å². The molecule has 0 fully saturated rings. The first-order valence-electron chi connectivity index (χ1n) is 5.79. The molecule has 94 valence electrons. The normalized spacial score (nSPS) is 10.6. The lowest BCUT2D eigenvalue weighted by Crippen LogP contribution is -2.09. The van der Waals surface area contributed by atoms with Gasteiger partial charge in [0.05, 0.1) is 17.6 Å². The maximum absolute atomic E-state index is 11.6. The second-order valence-electron chi connectivity index (χ2n) is 3.76. The summed E-state index contributed by atoms with van der Waals surface area (Å²) in [6.45, 7) is 4.07. The Bertz CT molecular complexity index is 599. The molecule has 0 amide bonds. The highest BCUT2D eigenvalue weighted by atomic mass is 35.5. The summed E-state index contributed by atoms with van der Waals surface area (Å²) in [7, 11) is 0. The highest BCUT2D eigenvalue weighted by Gasteiger charge is 2.16. The molecule has 1 aromatic carbocycles. The maximum atomic E-state index is 11.6. The van der Waals surface area contributed by atoms with Crippen molar-refractivity contribution in [2.75, 3.05) is 6.61 Å². The number of carbonyl (C=O) groups is 1. The number of hydrogen-bond donors (Lipinski definition) is 0. The van der Waals surface area contributed by atoms with Crippen LogP contribution >= 0.6 is 11.6 Å². The number of rotatable bonds is 3. The van der Waals surface area contributed by atoms with Crippen molar-refractivity contribution in [2.24, 2.45) is 0 Å². The fourth-order valence-electron chi connectivity index (χ4n) is 1.63. The average molecular weight is 265 g/mol. The van der Waals surface area contributed by atoms with E-state index in [1.807, 2.05) is 18.2 Å². The van der Waals surface area contributed by atoms with Crippen LogP contribution in [0.4, 0.5) is 0 Å². The zero-order valence-corrected chi connectivity index (χ0v) is 11.0. The van der Waals surface area contributed by atoms with Crippen LogP contribution in [0.25, 0.3) is 11.0 Å². The summed E-state index contributed by atoms with van der Waals surface area (Å²) >= 11 is 5.95. The molecule has 0 aliphatic heterocycles. The van der Waals surface area contributed by atoms with Gasteiger partial charge in [0.25, 0.3) is 0 Å². The molecule has 18 heavy (non-hydrogen) atoms. The molecule has 2 rings (SSSR count). The number of halogens is 1. The number of aromatic nitrogens is 2. The van der Waals surface area contributed by atoms with Crippen molar-refractivity contribution in [2.45, 2.75) is 20.3 Å². The van der Waals surface area contributed by atoms with Crippen molar-refractivity contribution in [3.05, 3.63) is 34.6 Å². The lowest BCUT2D eigenvalue weighted by atomic mass is 10.1. The van der Waals surface area contributed by atoms with Crippen molar-refractivity contribution in [3.8, 4) is 0 Å². The topological polar surface area (TPSA) is 52.1 Å². The predicted octanol–water partition coefficient (Wildman–Crippen LogP) is 3.02. The Morgan fingerprint density at radius 3 is 2.72 bits per heavy atom. The minimum absolute atomic E-state index is 0.0651. The van der Waals surface area contributed by atoms with Crippen LogP contribution in [0, 0.1) is 0 Å². The van der Waals surface area contributed by atoms with Crippen molar-refractivity contribution in [1.82, 2.24) is 9.97 Å². The minimum atomic E-state index is -0.545. The Hall–Kier alpha value is -1.68. The van der Waals surface area contributed by atoms with E-state index in [9.17, 15) is 4.79 Å². The van der Waals surface area contributed by atoms with Gasteiger partial charge < -0.3 is 4.74 Å². The van der Waals surface area contributed by atoms with Gasteiger partial charge in [-0.25, -0.2) is 14.8 Å². The van der Waals surface area contributed by atoms with E-state index < -0.39 is 5.97 Å². The Balaban J connectivity index is 2.52. The molecule has 0 spiro atoms. The first kappa shape index (κ1) is 12.8. The maximum Gasteiger partial charge on any atom is 0.360 e. The van der Waals surface area contributed by atoms with Gasteiger partial charge in [0.1, 0.15) is 0 Å². The van der Waals surface area contributed by atoms with Crippen LogP contribution in [0.1, 0.15) is 29.9 Å². The van der Waals surface area contributed by atoms with Crippen LogP contribution in [0.2, 0.25) is 5.15 Å². The SMILES string of the molecule is CCOC(=O)c1nc2ccc(CC)cc2nc1Cl. The summed E-state index contributed by atoms with van der Waals surface area (Å²) in [6, 6.07) is 5.71. The molecule has 1 aromatic heterocycles. The molecule has 0 N–H and O–H groups in total. The van der Waals surface area contributed by atoms with Crippen molar-refractivity contribution in [1.29, 1.82) is 0 Å². The van der Waals surface area contributed by atoms with E-state index >= 15 is 0 Å². The molecule has 0 unspecified atom stereocenters. The summed E-state index contributed by atoms with van der Waals surface area (Å²) in [5.41, 5.74) is 2.54. The van der Waals surface area contributed by atoms with Gasteiger partial charge in [0, 0.05) is 0 Å². The summed E-state index contributed by atoms with van der Waals surface area (Å²) in [5, 5.41) is 0.0780. The number of ether oxygens (including phenoxy) is 1. The van der Waals surface area contributed by atoms with Crippen LogP contribution in [0.3, 0.4) is 0 Å². The standard InChI is InChI=1S/C13H13ClN2O2/c1-3-8-5-6-9-10(7-8)16-12(14)11(15-9)13(17)18-4-2/h5-7H,3-4H2,1-2H3. The molecule has 0 aliphatic rings. The van der Waals surface area contributed by atoms with Crippen LogP contribution < -0.4 is 0 Å². The molecule has 1 heterocycles. The smallest absolute Gasteiger partial charge is 0.360 e. The second-order valence-corrected chi connectivity index (χ2v) is 4.12. The van der Waals surface area contributed by atoms with Gasteiger partial charge >= 0.3 is 5.97 Å². The second kappa shape index (κ2) is 5.31. The Labute approximate surface area is 110 Å². The zero-order valence-electron chi connectivity index (χ0n) is 10.2. The van der Waals surface area contributed by atoms with E-state index in [4.69, 9.17) is 16.3 Å². The molecule has 2 aromatic rings. The number of aryl methyl sites for hydroxylation is 1. The van der Waals surface area contributed by atoms with Gasteiger partial charge in [0.15, 0.2) is 10.8 Å². The fraction of sp³-hybridized carbons (Fsp3) is 0.308. The number of benzene rings is 1. The predicted molar refractivity (Wildman–Crippen MR) is 69.9 cm³/mol. The number of hydrogen-bond acceptors (Lipinski definition) is 4. The highest BCUT2D eigenvalue weighted by molar-refractivity contribution is 6.32. The quantitative estimate of drug-likeness (QED) is 0.800. The first-order valence-corrected chi connectivity index (χ1v) is 6.16. The zero-order chi connectivity index (χ0) is 13.1. The molecule has 5 heteroatoms. The van der Waals surface area contributed by atoms with E-state index in [0.29, 0.717) is 11.0 Å². The molecule has 4 nitrogen and oxygen atoms in total. The van der Waals surface area contributed by atoms with E-state index in [0.717, 1.165) is 12.0 Å². The Morgan fingerprint density at radius 1 is 1.28 bits per heavy atom. The van der Waals surface area contributed by atoms with Gasteiger partial charge in [-0.1, -0.05) is 24.6 Å². The summed E-state index contributed by atoms with van der Waals surface area (Å²) in [5.74, 6) is -0.545. The molecule has 0 atom stereocenters. The summed E-state index contributed by atoms with van der Waals surface area (Å²) in [4.78, 5) is 20.0. The van der Waals surface area contributed by atoms with Gasteiger partial charge in [-0.2, -0.15) is 0 Å². The van der Waals surface area contributed by atoms with Gasteiger partial charge in [-0.3, -0.25) is 0 Å². The molecular formula is C13H13ClN2O2. The first-order chi connectivity index (χ1) is 8.65. The molecule has 0 saturated carbocycles. The lowest BCUT2D eigenvalue weighted by Gasteiger charge is -2.05. The number of nitrogens with zero attached hydrogens (tertiary/aromatic N) is 2. The third kappa shape index (κ3) is 2.43. The van der Waals surface area contributed by atoms with E-state index in [1.54, 1.807) is 6.92 Å². The summed E-state index contributed by atoms with van der Waals surface area (Å²) in [6.07, 6.45) is 0.912. The Kier molecular flexibility index (Phi) is 3.77. The van der Waals surface area contributed by atoms with Gasteiger partial charge in [-0.05, 0) is 31.0 Å². The van der Waals surface area contributed by atoms with Crippen LogP contribution in [0.5, 0.6) is 0 Å². The van der Waals surface area contributed by atoms with Gasteiger partial charge in [-0.15, -0.1) is 0 Å². The van der Waals surface area contributed by atoms with Gasteiger partial charge in [0.2, 0.25) is 0 Å². The third-order valence-electron chi connectivity index (χ3n) is 2.56. The highest BCUT2D eigenvalue weighted by Crippen LogP contribution is 2.19. The monoisotopic (exact) mass is 264 g/mol. The van der Waals surface area contributed by atoms with Crippen molar-refractivity contribution < 1.29 is 9.53 Å². The minimum Gasteiger partial charge on any atom is -0.461 e. The van der Waals surface area contributed by atoms with Crippen LogP contribution in [-0.2, 0) is 11.2 Å². The molecule has 0 aliphatic carbocycles. The third-order valence-corrected chi connectivity index (χ3v) is 2.83. The number of fused-ring (bicyclic) bond motifs is 1. The van der Waals surface area contributed by atoms with Crippen LogP contribution in [-0.4, -0.2) is 22.5 Å². The molecule has 0 bridgehead atoms. The lowest BCUT2D eigenvalue weighted by molar-refractivity contribution is 0.0519. The summed E-state index contributed by atoms with van der Waals surface area (Å²) < 4.78 is 4.88. The van der Waals surface area contributed by atoms with Crippen LogP contribution in [0.15, 0.2) is 18.2 Å². The molecular weight excluding hydrogens is 252 g/mol. The number of carbonyl (C=O) groups excluding carboxylic acids is 1. The van der Waals surface area contributed by atoms with Crippen molar-refractivity contribution in [3.63, 3.8) is 0 Å². The average Bonchev–Trinajstić information content (AvgIpc) is 2.37. The Morgan fingerprint density at radius 2 is 2.06 bits per heavy atom. The fourth-order valence-corrected chi connectivity index (χ4v) is 1.84. The number of esters is 1. The molecule has 0 radical (unpaired) electrons. The molecule has 0 saturated heterocycles.